The van der Waals surface area contributed by atoms with Crippen LogP contribution < -0.4 is 0 Å². The quantitative estimate of drug-likeness (QED) is 0.199. The van der Waals surface area contributed by atoms with Gasteiger partial charge in [-0.3, -0.25) is 4.99 Å². The lowest BCUT2D eigenvalue weighted by atomic mass is 9.99. The molecule has 36 heavy (non-hydrogen) atoms. The fraction of sp³-hybridized carbons (Fsp3) is 0.233. The van der Waals surface area contributed by atoms with Gasteiger partial charge >= 0.3 is 11.9 Å². The molecular weight excluding hydrogens is 474 g/mol. The summed E-state index contributed by atoms with van der Waals surface area (Å²) in [7, 11) is 1.30. The van der Waals surface area contributed by atoms with Gasteiger partial charge in [-0.05, 0) is 44.5 Å². The van der Waals surface area contributed by atoms with Gasteiger partial charge in [0.05, 0.1) is 12.8 Å². The molecule has 0 saturated carbocycles. The summed E-state index contributed by atoms with van der Waals surface area (Å²) in [4.78, 5) is 31.0. The maximum Gasteiger partial charge on any atom is 0.333 e. The Hall–Kier alpha value is -3.70. The van der Waals surface area contributed by atoms with Crippen LogP contribution in [0.25, 0.3) is 6.08 Å². The molecule has 3 rings (SSSR count). The second-order valence-corrected chi connectivity index (χ2v) is 9.62. The molecule has 0 spiro atoms. The molecule has 1 atom stereocenters. The zero-order valence-electron chi connectivity index (χ0n) is 20.9. The first-order valence-electron chi connectivity index (χ1n) is 11.6. The highest BCUT2D eigenvalue weighted by molar-refractivity contribution is 6.30. The van der Waals surface area contributed by atoms with Crippen LogP contribution in [-0.4, -0.2) is 36.4 Å². The Bertz CT molecular complexity index is 1200. The van der Waals surface area contributed by atoms with Crippen LogP contribution >= 0.6 is 11.6 Å². The van der Waals surface area contributed by atoms with Crippen LogP contribution in [0.1, 0.15) is 43.9 Å². The third-order valence-corrected chi connectivity index (χ3v) is 5.34. The zero-order chi connectivity index (χ0) is 26.1. The van der Waals surface area contributed by atoms with Crippen LogP contribution in [0.4, 0.5) is 0 Å². The Morgan fingerprint density at radius 1 is 0.917 bits per heavy atom. The number of nitrogens with zero attached hydrogens (tertiary/aromatic N) is 1. The number of aliphatic imine (C=N–C) groups is 1. The van der Waals surface area contributed by atoms with Crippen LogP contribution in [0.2, 0.25) is 5.02 Å². The van der Waals surface area contributed by atoms with Crippen molar-refractivity contribution in [3.63, 3.8) is 0 Å². The molecule has 1 unspecified atom stereocenters. The van der Waals surface area contributed by atoms with Crippen LogP contribution in [0.5, 0.6) is 0 Å². The summed E-state index contributed by atoms with van der Waals surface area (Å²) >= 11 is 6.13. The second kappa shape index (κ2) is 12.3. The molecular formula is C30H30ClNO4. The second-order valence-electron chi connectivity index (χ2n) is 9.18. The molecule has 0 radical (unpaired) electrons. The molecule has 0 saturated heterocycles. The Morgan fingerprint density at radius 3 is 2.00 bits per heavy atom. The largest absolute Gasteiger partial charge is 0.466 e. The van der Waals surface area contributed by atoms with Gasteiger partial charge in [0.15, 0.2) is 6.04 Å². The maximum absolute atomic E-state index is 13.4. The minimum atomic E-state index is -0.996. The van der Waals surface area contributed by atoms with Gasteiger partial charge in [0.1, 0.15) is 5.60 Å². The average Bonchev–Trinajstić information content (AvgIpc) is 2.85. The molecule has 0 aliphatic heterocycles. The van der Waals surface area contributed by atoms with Crippen molar-refractivity contribution in [3.05, 3.63) is 112 Å². The van der Waals surface area contributed by atoms with Gasteiger partial charge in [-0.1, -0.05) is 84.4 Å². The molecule has 0 fully saturated rings. The fourth-order valence-corrected chi connectivity index (χ4v) is 3.75. The van der Waals surface area contributed by atoms with Crippen molar-refractivity contribution in [3.8, 4) is 0 Å². The Balaban J connectivity index is 2.13. The van der Waals surface area contributed by atoms with E-state index in [0.29, 0.717) is 16.3 Å². The van der Waals surface area contributed by atoms with Crippen molar-refractivity contribution >= 4 is 35.3 Å². The molecule has 0 aliphatic rings. The molecule has 0 bridgehead atoms. The summed E-state index contributed by atoms with van der Waals surface area (Å²) in [5.41, 5.74) is 2.57. The standard InChI is InChI=1S/C30H30ClNO4/c1-30(2,3)36-29(34)26(20-24(28(33)35-4)18-21-12-11-17-25(31)19-21)32-27(22-13-7-5-8-14-22)23-15-9-6-10-16-23/h5-19,26H,20H2,1-4H3/b24-18-. The number of hydrogen-bond donors (Lipinski definition) is 0. The molecule has 0 N–H and O–H groups in total. The van der Waals surface area contributed by atoms with Crippen molar-refractivity contribution in [2.75, 3.05) is 7.11 Å². The number of ether oxygens (including phenoxy) is 2. The molecule has 6 heteroatoms. The van der Waals surface area contributed by atoms with Gasteiger partial charge in [-0.15, -0.1) is 0 Å². The lowest BCUT2D eigenvalue weighted by molar-refractivity contribution is -0.156. The SMILES string of the molecule is COC(=O)/C(=C\c1cccc(Cl)c1)CC(N=C(c1ccccc1)c1ccccc1)C(=O)OC(C)(C)C. The lowest BCUT2D eigenvalue weighted by Crippen LogP contribution is -2.32. The number of carbonyl (C=O) groups is 2. The first-order valence-corrected chi connectivity index (χ1v) is 12.0. The molecule has 3 aromatic rings. The lowest BCUT2D eigenvalue weighted by Gasteiger charge is -2.23. The van der Waals surface area contributed by atoms with Gasteiger partial charge in [0.2, 0.25) is 0 Å². The van der Waals surface area contributed by atoms with E-state index >= 15 is 0 Å². The van der Waals surface area contributed by atoms with E-state index in [0.717, 1.165) is 11.1 Å². The van der Waals surface area contributed by atoms with E-state index in [1.807, 2.05) is 66.7 Å². The number of methoxy groups -OCH3 is 1. The van der Waals surface area contributed by atoms with Crippen molar-refractivity contribution in [1.82, 2.24) is 0 Å². The van der Waals surface area contributed by atoms with Crippen molar-refractivity contribution in [1.29, 1.82) is 0 Å². The van der Waals surface area contributed by atoms with E-state index < -0.39 is 23.6 Å². The highest BCUT2D eigenvalue weighted by atomic mass is 35.5. The topological polar surface area (TPSA) is 65.0 Å². The Kier molecular flexibility index (Phi) is 9.20. The normalized spacial score (nSPS) is 12.4. The number of halogens is 1. The molecule has 3 aromatic carbocycles. The number of benzene rings is 3. The minimum Gasteiger partial charge on any atom is -0.466 e. The van der Waals surface area contributed by atoms with Gasteiger partial charge in [0, 0.05) is 28.1 Å². The maximum atomic E-state index is 13.4. The minimum absolute atomic E-state index is 0.0166. The first kappa shape index (κ1) is 26.9. The van der Waals surface area contributed by atoms with Crippen LogP contribution in [-0.2, 0) is 19.1 Å². The predicted molar refractivity (Wildman–Crippen MR) is 144 cm³/mol. The Labute approximate surface area is 217 Å². The summed E-state index contributed by atoms with van der Waals surface area (Å²) in [6.07, 6.45) is 1.65. The molecule has 0 amide bonds. The van der Waals surface area contributed by atoms with Crippen LogP contribution in [0.15, 0.2) is 95.5 Å². The number of esters is 2. The van der Waals surface area contributed by atoms with E-state index in [-0.39, 0.29) is 12.0 Å². The first-order chi connectivity index (χ1) is 17.2. The molecule has 5 nitrogen and oxygen atoms in total. The van der Waals surface area contributed by atoms with E-state index in [1.165, 1.54) is 7.11 Å². The highest BCUT2D eigenvalue weighted by Gasteiger charge is 2.29. The summed E-state index contributed by atoms with van der Waals surface area (Å²) in [6, 6.07) is 25.3. The number of rotatable bonds is 8. The summed E-state index contributed by atoms with van der Waals surface area (Å²) < 4.78 is 10.7. The third-order valence-electron chi connectivity index (χ3n) is 5.11. The van der Waals surface area contributed by atoms with Crippen molar-refractivity contribution in [2.24, 2.45) is 4.99 Å². The van der Waals surface area contributed by atoms with Crippen molar-refractivity contribution < 1.29 is 19.1 Å². The Morgan fingerprint density at radius 2 is 1.50 bits per heavy atom. The monoisotopic (exact) mass is 503 g/mol. The molecule has 0 aromatic heterocycles. The molecule has 0 heterocycles. The predicted octanol–water partition coefficient (Wildman–Crippen LogP) is 6.53. The van der Waals surface area contributed by atoms with E-state index in [4.69, 9.17) is 26.1 Å². The number of hydrogen-bond acceptors (Lipinski definition) is 5. The van der Waals surface area contributed by atoms with Crippen molar-refractivity contribution in [2.45, 2.75) is 38.8 Å². The molecule has 186 valence electrons. The van der Waals surface area contributed by atoms with Gasteiger partial charge in [-0.25, -0.2) is 9.59 Å². The number of carbonyl (C=O) groups excluding carboxylic acids is 2. The van der Waals surface area contributed by atoms with Gasteiger partial charge in [-0.2, -0.15) is 0 Å². The third kappa shape index (κ3) is 7.92. The summed E-state index contributed by atoms with van der Waals surface area (Å²) in [5, 5.41) is 0.533. The summed E-state index contributed by atoms with van der Waals surface area (Å²) in [5.74, 6) is -1.09. The average molecular weight is 504 g/mol. The fourth-order valence-electron chi connectivity index (χ4n) is 3.55. The van der Waals surface area contributed by atoms with Crippen LogP contribution in [0, 0.1) is 0 Å². The van der Waals surface area contributed by atoms with Gasteiger partial charge in [0.25, 0.3) is 0 Å². The van der Waals surface area contributed by atoms with E-state index in [2.05, 4.69) is 0 Å². The smallest absolute Gasteiger partial charge is 0.333 e. The van der Waals surface area contributed by atoms with E-state index in [9.17, 15) is 9.59 Å². The van der Waals surface area contributed by atoms with E-state index in [1.54, 1.807) is 45.0 Å². The molecule has 0 aliphatic carbocycles. The summed E-state index contributed by atoms with van der Waals surface area (Å²) in [6.45, 7) is 5.39. The zero-order valence-corrected chi connectivity index (χ0v) is 21.7. The van der Waals surface area contributed by atoms with Gasteiger partial charge < -0.3 is 9.47 Å². The highest BCUT2D eigenvalue weighted by Crippen LogP contribution is 2.22. The van der Waals surface area contributed by atoms with Crippen LogP contribution in [0.3, 0.4) is 0 Å².